The molecular formula is C17H24N2O5S. The summed E-state index contributed by atoms with van der Waals surface area (Å²) in [5.74, 6) is -1.28. The van der Waals surface area contributed by atoms with Crippen molar-refractivity contribution < 1.29 is 23.1 Å². The van der Waals surface area contributed by atoms with Gasteiger partial charge in [-0.1, -0.05) is 6.92 Å². The maximum Gasteiger partial charge on any atom is 0.335 e. The Morgan fingerprint density at radius 1 is 1.20 bits per heavy atom. The lowest BCUT2D eigenvalue weighted by Crippen LogP contribution is -2.48. The molecule has 1 aromatic carbocycles. The number of carbonyl (C=O) groups excluding carboxylic acids is 1. The Morgan fingerprint density at radius 2 is 1.76 bits per heavy atom. The molecule has 1 aliphatic heterocycles. The van der Waals surface area contributed by atoms with Crippen LogP contribution in [-0.2, 0) is 10.0 Å². The summed E-state index contributed by atoms with van der Waals surface area (Å²) in [7, 11) is -3.26. The topological polar surface area (TPSA) is 95.0 Å². The molecule has 0 atom stereocenters. The second-order valence-electron chi connectivity index (χ2n) is 6.38. The van der Waals surface area contributed by atoms with E-state index in [1.165, 1.54) is 22.7 Å². The van der Waals surface area contributed by atoms with Crippen LogP contribution in [0, 0.1) is 6.92 Å². The van der Waals surface area contributed by atoms with Crippen LogP contribution < -0.4 is 0 Å². The third-order valence-corrected chi connectivity index (χ3v) is 5.88. The van der Waals surface area contributed by atoms with Crippen LogP contribution in [0.3, 0.4) is 0 Å². The van der Waals surface area contributed by atoms with E-state index >= 15 is 0 Å². The number of carbonyl (C=O) groups is 2. The first kappa shape index (κ1) is 19.4. The number of piperidine rings is 1. The maximum atomic E-state index is 12.7. The Hall–Kier alpha value is -1.93. The van der Waals surface area contributed by atoms with Gasteiger partial charge in [0.2, 0.25) is 10.0 Å². The van der Waals surface area contributed by atoms with Crippen LogP contribution in [0.25, 0.3) is 0 Å². The number of benzene rings is 1. The second-order valence-corrected chi connectivity index (χ2v) is 8.32. The molecule has 0 spiro atoms. The number of nitrogens with zero attached hydrogens (tertiary/aromatic N) is 2. The van der Waals surface area contributed by atoms with Crippen LogP contribution in [-0.4, -0.2) is 66.5 Å². The molecule has 0 unspecified atom stereocenters. The van der Waals surface area contributed by atoms with Crippen molar-refractivity contribution in [2.75, 3.05) is 25.9 Å². The summed E-state index contributed by atoms with van der Waals surface area (Å²) in [6, 6.07) is 4.49. The highest BCUT2D eigenvalue weighted by molar-refractivity contribution is 7.88. The molecule has 1 amide bonds. The Morgan fingerprint density at radius 3 is 2.24 bits per heavy atom. The third kappa shape index (κ3) is 4.58. The Kier molecular flexibility index (Phi) is 5.84. The quantitative estimate of drug-likeness (QED) is 0.851. The zero-order valence-corrected chi connectivity index (χ0v) is 15.5. The van der Waals surface area contributed by atoms with E-state index in [0.29, 0.717) is 43.6 Å². The van der Waals surface area contributed by atoms with Gasteiger partial charge in [-0.15, -0.1) is 0 Å². The van der Waals surface area contributed by atoms with Gasteiger partial charge in [0.1, 0.15) is 0 Å². The molecule has 8 heteroatoms. The predicted molar refractivity (Wildman–Crippen MR) is 94.3 cm³/mol. The third-order valence-electron chi connectivity index (χ3n) is 4.47. The van der Waals surface area contributed by atoms with Gasteiger partial charge in [0.25, 0.3) is 5.91 Å². The average Bonchev–Trinajstić information content (AvgIpc) is 2.53. The fraction of sp³-hybridized carbons (Fsp3) is 0.529. The van der Waals surface area contributed by atoms with Crippen LogP contribution in [0.1, 0.15) is 46.0 Å². The highest BCUT2D eigenvalue weighted by Crippen LogP contribution is 2.21. The summed E-state index contributed by atoms with van der Waals surface area (Å²) < 4.78 is 25.1. The summed E-state index contributed by atoms with van der Waals surface area (Å²) >= 11 is 0. The number of likely N-dealkylation sites (tertiary alicyclic amines) is 1. The molecule has 0 aliphatic carbocycles. The normalized spacial score (nSPS) is 16.2. The van der Waals surface area contributed by atoms with E-state index in [4.69, 9.17) is 5.11 Å². The van der Waals surface area contributed by atoms with E-state index in [-0.39, 0.29) is 17.5 Å². The van der Waals surface area contributed by atoms with E-state index in [1.807, 2.05) is 0 Å². The van der Waals surface area contributed by atoms with Gasteiger partial charge in [0.15, 0.2) is 0 Å². The van der Waals surface area contributed by atoms with Gasteiger partial charge in [-0.25, -0.2) is 13.2 Å². The van der Waals surface area contributed by atoms with E-state index in [9.17, 15) is 18.0 Å². The molecule has 0 saturated carbocycles. The predicted octanol–water partition coefficient (Wildman–Crippen LogP) is 1.58. The molecule has 1 aliphatic rings. The molecule has 138 valence electrons. The minimum absolute atomic E-state index is 0.0903. The molecule has 2 rings (SSSR count). The van der Waals surface area contributed by atoms with E-state index in [2.05, 4.69) is 0 Å². The van der Waals surface area contributed by atoms with Crippen molar-refractivity contribution in [1.29, 1.82) is 0 Å². The zero-order chi connectivity index (χ0) is 18.8. The molecule has 0 radical (unpaired) electrons. The fourth-order valence-corrected chi connectivity index (χ4v) is 4.55. The van der Waals surface area contributed by atoms with Gasteiger partial charge in [0.05, 0.1) is 11.8 Å². The van der Waals surface area contributed by atoms with Gasteiger partial charge in [-0.05, 0) is 43.5 Å². The van der Waals surface area contributed by atoms with E-state index in [1.54, 1.807) is 24.8 Å². The molecule has 1 N–H and O–H groups in total. The van der Waals surface area contributed by atoms with Crippen molar-refractivity contribution in [2.45, 2.75) is 32.7 Å². The first-order valence-corrected chi connectivity index (χ1v) is 10.1. The number of carboxylic acid groups (broad SMARTS) is 1. The van der Waals surface area contributed by atoms with Crippen LogP contribution in [0.4, 0.5) is 0 Å². The molecular weight excluding hydrogens is 344 g/mol. The van der Waals surface area contributed by atoms with Crippen molar-refractivity contribution >= 4 is 21.9 Å². The Labute approximate surface area is 148 Å². The number of aromatic carboxylic acids is 1. The van der Waals surface area contributed by atoms with E-state index in [0.717, 1.165) is 0 Å². The summed E-state index contributed by atoms with van der Waals surface area (Å²) in [6.07, 6.45) is 2.35. The molecule has 1 saturated heterocycles. The molecule has 0 bridgehead atoms. The van der Waals surface area contributed by atoms with Crippen molar-refractivity contribution in [2.24, 2.45) is 0 Å². The molecule has 7 nitrogen and oxygen atoms in total. The number of amides is 1. The SMILES string of the molecule is CCN(C1CCN(C(=O)c2cc(C)cc(C(=O)O)c2)CC1)S(C)(=O)=O. The van der Waals surface area contributed by atoms with Crippen molar-refractivity contribution in [3.05, 3.63) is 34.9 Å². The van der Waals surface area contributed by atoms with Gasteiger partial charge < -0.3 is 10.0 Å². The number of hydrogen-bond acceptors (Lipinski definition) is 4. The average molecular weight is 368 g/mol. The van der Waals surface area contributed by atoms with Crippen molar-refractivity contribution in [3.63, 3.8) is 0 Å². The smallest absolute Gasteiger partial charge is 0.335 e. The van der Waals surface area contributed by atoms with Crippen LogP contribution in [0.2, 0.25) is 0 Å². The lowest BCUT2D eigenvalue weighted by atomic mass is 10.0. The summed E-state index contributed by atoms with van der Waals surface area (Å²) in [5, 5.41) is 9.14. The zero-order valence-electron chi connectivity index (χ0n) is 14.7. The number of carboxylic acids is 1. The molecule has 1 fully saturated rings. The van der Waals surface area contributed by atoms with Crippen molar-refractivity contribution in [1.82, 2.24) is 9.21 Å². The largest absolute Gasteiger partial charge is 0.478 e. The molecule has 1 heterocycles. The number of aryl methyl sites for hydroxylation is 1. The number of rotatable bonds is 5. The van der Waals surface area contributed by atoms with Crippen LogP contribution in [0.5, 0.6) is 0 Å². The fourth-order valence-electron chi connectivity index (χ4n) is 3.33. The van der Waals surface area contributed by atoms with Gasteiger partial charge >= 0.3 is 5.97 Å². The van der Waals surface area contributed by atoms with E-state index < -0.39 is 16.0 Å². The second kappa shape index (κ2) is 7.53. The Balaban J connectivity index is 2.11. The molecule has 0 aromatic heterocycles. The maximum absolute atomic E-state index is 12.7. The molecule has 1 aromatic rings. The Bertz CT molecular complexity index is 767. The lowest BCUT2D eigenvalue weighted by molar-refractivity contribution is 0.0680. The summed E-state index contributed by atoms with van der Waals surface area (Å²) in [4.78, 5) is 25.5. The van der Waals surface area contributed by atoms with Gasteiger partial charge in [-0.3, -0.25) is 4.79 Å². The van der Waals surface area contributed by atoms with Gasteiger partial charge in [0, 0.05) is 31.2 Å². The summed E-state index contributed by atoms with van der Waals surface area (Å²) in [5.41, 5.74) is 1.16. The summed E-state index contributed by atoms with van der Waals surface area (Å²) in [6.45, 7) is 4.87. The van der Waals surface area contributed by atoms with Gasteiger partial charge in [-0.2, -0.15) is 4.31 Å². The highest BCUT2D eigenvalue weighted by atomic mass is 32.2. The van der Waals surface area contributed by atoms with Crippen molar-refractivity contribution in [3.8, 4) is 0 Å². The van der Waals surface area contributed by atoms with Crippen LogP contribution >= 0.6 is 0 Å². The highest BCUT2D eigenvalue weighted by Gasteiger charge is 2.31. The molecule has 25 heavy (non-hydrogen) atoms. The number of sulfonamides is 1. The monoisotopic (exact) mass is 368 g/mol. The first-order chi connectivity index (χ1) is 11.6. The van der Waals surface area contributed by atoms with Crippen LogP contribution in [0.15, 0.2) is 18.2 Å². The first-order valence-electron chi connectivity index (χ1n) is 8.24. The minimum atomic E-state index is -3.26. The lowest BCUT2D eigenvalue weighted by Gasteiger charge is -2.37. The number of hydrogen-bond donors (Lipinski definition) is 1. The minimum Gasteiger partial charge on any atom is -0.478 e. The standard InChI is InChI=1S/C17H24N2O5S/c1-4-19(25(3,23)24)15-5-7-18(8-6-15)16(20)13-9-12(2)10-14(11-13)17(21)22/h9-11,15H,4-8H2,1-3H3,(H,21,22).